The number of aryl methyl sites for hydroxylation is 2. The first-order valence-corrected chi connectivity index (χ1v) is 17.8. The van der Waals surface area contributed by atoms with Crippen molar-refractivity contribution in [2.75, 3.05) is 42.3 Å². The van der Waals surface area contributed by atoms with E-state index in [0.717, 1.165) is 10.9 Å². The van der Waals surface area contributed by atoms with Crippen molar-refractivity contribution >= 4 is 80.2 Å². The topological polar surface area (TPSA) is 194 Å². The van der Waals surface area contributed by atoms with Crippen LogP contribution in [0.2, 0.25) is 5.02 Å². The molecule has 1 unspecified atom stereocenters. The molecule has 0 spiro atoms. The number of nitrogens with zero attached hydrogens (tertiary/aromatic N) is 6. The molecule has 5 aromatic rings. The number of amides is 4. The lowest BCUT2D eigenvalue weighted by molar-refractivity contribution is -0.134. The maximum Gasteiger partial charge on any atom is 0.293 e. The number of aromatic nitrogens is 5. The van der Waals surface area contributed by atoms with Crippen LogP contribution in [0.1, 0.15) is 44.2 Å². The molecule has 2 fully saturated rings. The Balaban J connectivity index is 1.02. The number of rotatable bonds is 9. The Morgan fingerprint density at radius 1 is 1.04 bits per heavy atom. The lowest BCUT2D eigenvalue weighted by Gasteiger charge is -2.38. The quantitative estimate of drug-likeness (QED) is 0.161. The molecule has 1 atom stereocenters. The van der Waals surface area contributed by atoms with Crippen LogP contribution in [-0.4, -0.2) is 74.7 Å². The fourth-order valence-corrected chi connectivity index (χ4v) is 7.01. The Kier molecular flexibility index (Phi) is 9.70. The van der Waals surface area contributed by atoms with E-state index in [-0.39, 0.29) is 48.0 Å². The summed E-state index contributed by atoms with van der Waals surface area (Å²) in [6.07, 6.45) is 3.29. The Bertz CT molecular complexity index is 2400. The molecule has 2 aliphatic heterocycles. The van der Waals surface area contributed by atoms with Gasteiger partial charge in [0.25, 0.3) is 11.5 Å². The lowest BCUT2D eigenvalue weighted by atomic mass is 9.79. The average Bonchev–Trinajstić information content (AvgIpc) is 3.48. The van der Waals surface area contributed by atoms with Gasteiger partial charge in [-0.25, -0.2) is 4.98 Å². The molecule has 4 amide bonds. The second-order valence-electron chi connectivity index (χ2n) is 13.8. The van der Waals surface area contributed by atoms with Crippen LogP contribution in [0, 0.1) is 5.41 Å². The van der Waals surface area contributed by atoms with Gasteiger partial charge < -0.3 is 30.2 Å². The highest BCUT2D eigenvalue weighted by atomic mass is 35.5. The third-order valence-electron chi connectivity index (χ3n) is 10.2. The van der Waals surface area contributed by atoms with Gasteiger partial charge in [-0.1, -0.05) is 18.5 Å². The number of ether oxygens (including phenoxy) is 1. The molecule has 17 heteroatoms. The molecule has 0 saturated carbocycles. The number of halogens is 1. The van der Waals surface area contributed by atoms with Crippen LogP contribution >= 0.6 is 11.6 Å². The van der Waals surface area contributed by atoms with Crippen LogP contribution in [0.4, 0.5) is 23.1 Å². The SMILES string of the molecule is CNC(=O)COc1cc2cc(Nc3nc(N4CCC(C)(C(=O)Nc5ccc6c(C7CCC(=O)NC7=O)nn(C)c6c5)CC4)ncc3Cl)ccc2n(C)c1=O. The minimum absolute atomic E-state index is 0.0500. The largest absolute Gasteiger partial charge is 0.478 e. The second-order valence-corrected chi connectivity index (χ2v) is 14.3. The van der Waals surface area contributed by atoms with Crippen molar-refractivity contribution in [2.45, 2.75) is 38.5 Å². The van der Waals surface area contributed by atoms with E-state index >= 15 is 0 Å². The molecule has 7 rings (SSSR count). The molecule has 0 radical (unpaired) electrons. The zero-order valence-corrected chi connectivity index (χ0v) is 30.9. The van der Waals surface area contributed by atoms with Crippen molar-refractivity contribution in [1.82, 2.24) is 34.9 Å². The minimum Gasteiger partial charge on any atom is -0.478 e. The summed E-state index contributed by atoms with van der Waals surface area (Å²) in [6.45, 7) is 2.73. The smallest absolute Gasteiger partial charge is 0.293 e. The second kappa shape index (κ2) is 14.4. The van der Waals surface area contributed by atoms with Gasteiger partial charge in [0.05, 0.1) is 34.3 Å². The van der Waals surface area contributed by atoms with E-state index in [1.165, 1.54) is 17.8 Å². The first-order chi connectivity index (χ1) is 25.8. The highest BCUT2D eigenvalue weighted by Gasteiger charge is 2.38. The summed E-state index contributed by atoms with van der Waals surface area (Å²) in [5.41, 5.74) is 2.31. The van der Waals surface area contributed by atoms with Crippen LogP contribution in [0.3, 0.4) is 0 Å². The zero-order valence-electron chi connectivity index (χ0n) is 30.2. The van der Waals surface area contributed by atoms with E-state index in [1.807, 2.05) is 36.1 Å². The number of fused-ring (bicyclic) bond motifs is 2. The Morgan fingerprint density at radius 2 is 1.80 bits per heavy atom. The summed E-state index contributed by atoms with van der Waals surface area (Å²) in [7, 11) is 4.91. The molecule has 2 aromatic carbocycles. The maximum absolute atomic E-state index is 13.7. The minimum atomic E-state index is -0.655. The number of imide groups is 1. The molecular formula is C37H39ClN10O6. The molecule has 2 saturated heterocycles. The van der Waals surface area contributed by atoms with Gasteiger partial charge in [-0.2, -0.15) is 10.1 Å². The highest BCUT2D eigenvalue weighted by molar-refractivity contribution is 6.33. The van der Waals surface area contributed by atoms with Gasteiger partial charge in [0.1, 0.15) is 5.02 Å². The van der Waals surface area contributed by atoms with Crippen LogP contribution < -0.4 is 36.5 Å². The molecule has 2 aliphatic rings. The summed E-state index contributed by atoms with van der Waals surface area (Å²) >= 11 is 6.52. The fourth-order valence-electron chi connectivity index (χ4n) is 6.87. The summed E-state index contributed by atoms with van der Waals surface area (Å²) in [5.74, 6) is -0.696. The van der Waals surface area contributed by atoms with Gasteiger partial charge in [0.15, 0.2) is 18.2 Å². The van der Waals surface area contributed by atoms with Crippen LogP contribution in [-0.2, 0) is 33.3 Å². The number of benzene rings is 2. The van der Waals surface area contributed by atoms with Crippen molar-refractivity contribution in [3.63, 3.8) is 0 Å². The Hall–Kier alpha value is -6.03. The molecule has 3 aromatic heterocycles. The number of anilines is 4. The highest BCUT2D eigenvalue weighted by Crippen LogP contribution is 2.36. The van der Waals surface area contributed by atoms with E-state index in [4.69, 9.17) is 21.3 Å². The zero-order chi connectivity index (χ0) is 38.3. The van der Waals surface area contributed by atoms with Crippen molar-refractivity contribution < 1.29 is 23.9 Å². The summed E-state index contributed by atoms with van der Waals surface area (Å²) < 4.78 is 8.63. The molecule has 5 heterocycles. The van der Waals surface area contributed by atoms with Crippen molar-refractivity contribution in [1.29, 1.82) is 0 Å². The normalized spacial score (nSPS) is 17.0. The first kappa shape index (κ1) is 36.3. The molecule has 0 aliphatic carbocycles. The van der Waals surface area contributed by atoms with Gasteiger partial charge in [-0.3, -0.25) is 34.0 Å². The average molecular weight is 755 g/mol. The number of carbonyl (C=O) groups excluding carboxylic acids is 4. The van der Waals surface area contributed by atoms with Gasteiger partial charge in [-0.15, -0.1) is 0 Å². The van der Waals surface area contributed by atoms with E-state index in [0.29, 0.717) is 77.1 Å². The number of pyridine rings is 1. The fraction of sp³-hybridized carbons (Fsp3) is 0.351. The summed E-state index contributed by atoms with van der Waals surface area (Å²) in [4.78, 5) is 73.5. The number of nitrogens with one attached hydrogen (secondary N) is 4. The predicted molar refractivity (Wildman–Crippen MR) is 203 cm³/mol. The summed E-state index contributed by atoms with van der Waals surface area (Å²) in [6, 6.07) is 12.5. The van der Waals surface area contributed by atoms with E-state index in [9.17, 15) is 24.0 Å². The molecular weight excluding hydrogens is 716 g/mol. The van der Waals surface area contributed by atoms with Crippen LogP contribution in [0.25, 0.3) is 21.8 Å². The Morgan fingerprint density at radius 3 is 2.54 bits per heavy atom. The van der Waals surface area contributed by atoms with Gasteiger partial charge in [0, 0.05) is 62.8 Å². The molecule has 280 valence electrons. The number of piperidine rings is 2. The standard InChI is InChI=1S/C37H39ClN10O6/c1-37(35(53)42-22-5-7-23-27(17-22)47(4)45-31(23)24-8-10-29(49)43-33(24)51)11-13-48(14-12-37)36-40-18-25(38)32(44-36)41-21-6-9-26-20(15-21)16-28(34(52)46(26)3)54-19-30(50)39-2/h5-7,9,15-18,24H,8,10-14,19H2,1-4H3,(H,39,50)(H,42,53)(H,40,41,44)(H,43,49,51). The monoisotopic (exact) mass is 754 g/mol. The van der Waals surface area contributed by atoms with E-state index in [2.05, 4.69) is 31.3 Å². The third-order valence-corrected chi connectivity index (χ3v) is 10.5. The summed E-state index contributed by atoms with van der Waals surface area (Å²) in [5, 5.41) is 17.6. The van der Waals surface area contributed by atoms with Crippen molar-refractivity contribution in [3.8, 4) is 5.75 Å². The van der Waals surface area contributed by atoms with E-state index in [1.54, 1.807) is 37.0 Å². The molecule has 0 bridgehead atoms. The van der Waals surface area contributed by atoms with E-state index < -0.39 is 11.3 Å². The van der Waals surface area contributed by atoms with Gasteiger partial charge in [-0.05, 0) is 61.7 Å². The number of hydrogen-bond donors (Lipinski definition) is 4. The van der Waals surface area contributed by atoms with Gasteiger partial charge >= 0.3 is 0 Å². The number of likely N-dealkylation sites (N-methyl/N-ethyl adjacent to an activating group) is 1. The lowest BCUT2D eigenvalue weighted by Crippen LogP contribution is -2.45. The number of carbonyl (C=O) groups is 4. The molecule has 54 heavy (non-hydrogen) atoms. The number of hydrogen-bond acceptors (Lipinski definition) is 11. The molecule has 16 nitrogen and oxygen atoms in total. The van der Waals surface area contributed by atoms with Gasteiger partial charge in [0.2, 0.25) is 23.7 Å². The Labute approximate surface area is 314 Å². The van der Waals surface area contributed by atoms with Crippen LogP contribution in [0.15, 0.2) is 53.5 Å². The van der Waals surface area contributed by atoms with Crippen molar-refractivity contribution in [3.05, 3.63) is 69.7 Å². The first-order valence-electron chi connectivity index (χ1n) is 17.5. The third kappa shape index (κ3) is 7.03. The van der Waals surface area contributed by atoms with Crippen molar-refractivity contribution in [2.24, 2.45) is 19.5 Å². The maximum atomic E-state index is 13.7. The predicted octanol–water partition coefficient (Wildman–Crippen LogP) is 3.50. The van der Waals surface area contributed by atoms with Crippen LogP contribution in [0.5, 0.6) is 5.75 Å². The molecule has 4 N–H and O–H groups in total.